The standard InChI is InChI=1S/C23H21N3O3S/c1-3-17(22(28)29-4-2)26-18-12-5-6-13-19(18)30-23(26)25-21(27)16-11-7-9-15-10-8-14-24-20(15)16/h5-14,17H,3-4H2,1-2H3/b25-23+. The number of ether oxygens (including phenoxy) is 1. The van der Waals surface area contributed by atoms with Gasteiger partial charge in [-0.2, -0.15) is 4.99 Å². The minimum absolute atomic E-state index is 0.297. The van der Waals surface area contributed by atoms with E-state index in [9.17, 15) is 9.59 Å². The predicted molar refractivity (Wildman–Crippen MR) is 117 cm³/mol. The van der Waals surface area contributed by atoms with E-state index in [1.807, 2.05) is 60.0 Å². The summed E-state index contributed by atoms with van der Waals surface area (Å²) in [7, 11) is 0. The number of hydrogen-bond donors (Lipinski definition) is 0. The maximum Gasteiger partial charge on any atom is 0.329 e. The molecule has 0 aliphatic carbocycles. The van der Waals surface area contributed by atoms with Crippen molar-refractivity contribution in [3.8, 4) is 0 Å². The van der Waals surface area contributed by atoms with E-state index in [4.69, 9.17) is 4.74 Å². The number of para-hydroxylation sites is 2. The molecule has 2 heterocycles. The van der Waals surface area contributed by atoms with Crippen LogP contribution in [0.2, 0.25) is 0 Å². The maximum absolute atomic E-state index is 13.1. The molecule has 2 aromatic carbocycles. The van der Waals surface area contributed by atoms with Crippen LogP contribution in [-0.2, 0) is 9.53 Å². The summed E-state index contributed by atoms with van der Waals surface area (Å²) >= 11 is 1.38. The Bertz CT molecular complexity index is 1300. The van der Waals surface area contributed by atoms with Crippen LogP contribution in [0.25, 0.3) is 21.1 Å². The molecule has 1 unspecified atom stereocenters. The highest BCUT2D eigenvalue weighted by Crippen LogP contribution is 2.24. The first-order chi connectivity index (χ1) is 14.6. The Kier molecular flexibility index (Phi) is 5.72. The zero-order valence-electron chi connectivity index (χ0n) is 16.7. The van der Waals surface area contributed by atoms with Crippen molar-refractivity contribution < 1.29 is 14.3 Å². The van der Waals surface area contributed by atoms with E-state index in [1.54, 1.807) is 19.2 Å². The van der Waals surface area contributed by atoms with Crippen molar-refractivity contribution in [3.63, 3.8) is 0 Å². The van der Waals surface area contributed by atoms with Gasteiger partial charge in [0.1, 0.15) is 6.04 Å². The van der Waals surface area contributed by atoms with E-state index in [2.05, 4.69) is 9.98 Å². The summed E-state index contributed by atoms with van der Waals surface area (Å²) in [4.78, 5) is 35.0. The number of fused-ring (bicyclic) bond motifs is 2. The van der Waals surface area contributed by atoms with Crippen LogP contribution < -0.4 is 4.80 Å². The number of amides is 1. The molecule has 0 radical (unpaired) electrons. The number of aromatic nitrogens is 2. The summed E-state index contributed by atoms with van der Waals surface area (Å²) < 4.78 is 8.04. The summed E-state index contributed by atoms with van der Waals surface area (Å²) in [5.41, 5.74) is 1.89. The van der Waals surface area contributed by atoms with Crippen LogP contribution in [0.4, 0.5) is 0 Å². The second-order valence-corrected chi connectivity index (χ2v) is 7.71. The maximum atomic E-state index is 13.1. The lowest BCUT2D eigenvalue weighted by Gasteiger charge is -2.16. The first kappa shape index (κ1) is 20.0. The predicted octanol–water partition coefficient (Wildman–Crippen LogP) is 4.51. The molecular formula is C23H21N3O3S. The highest BCUT2D eigenvalue weighted by molar-refractivity contribution is 7.16. The van der Waals surface area contributed by atoms with Crippen LogP contribution in [0.3, 0.4) is 0 Å². The van der Waals surface area contributed by atoms with Crippen LogP contribution in [0, 0.1) is 0 Å². The third-order valence-corrected chi connectivity index (χ3v) is 5.89. The molecule has 152 valence electrons. The number of benzene rings is 2. The second kappa shape index (κ2) is 8.59. The smallest absolute Gasteiger partial charge is 0.329 e. The highest BCUT2D eigenvalue weighted by atomic mass is 32.1. The fourth-order valence-electron chi connectivity index (χ4n) is 3.49. The molecule has 1 amide bonds. The minimum atomic E-state index is -0.557. The van der Waals surface area contributed by atoms with Crippen molar-refractivity contribution in [1.29, 1.82) is 0 Å². The van der Waals surface area contributed by atoms with Gasteiger partial charge in [-0.15, -0.1) is 0 Å². The van der Waals surface area contributed by atoms with Gasteiger partial charge in [-0.3, -0.25) is 9.78 Å². The van der Waals surface area contributed by atoms with Crippen molar-refractivity contribution >= 4 is 44.3 Å². The number of pyridine rings is 1. The van der Waals surface area contributed by atoms with Gasteiger partial charge in [-0.25, -0.2) is 4.79 Å². The van der Waals surface area contributed by atoms with E-state index in [1.165, 1.54) is 11.3 Å². The number of nitrogens with zero attached hydrogens (tertiary/aromatic N) is 3. The molecule has 0 saturated carbocycles. The summed E-state index contributed by atoms with van der Waals surface area (Å²) in [6.07, 6.45) is 2.18. The van der Waals surface area contributed by atoms with Gasteiger partial charge in [-0.05, 0) is 37.6 Å². The van der Waals surface area contributed by atoms with Crippen LogP contribution in [0.1, 0.15) is 36.7 Å². The Hall–Kier alpha value is -3.32. The average Bonchev–Trinajstić information content (AvgIpc) is 3.12. The zero-order valence-corrected chi connectivity index (χ0v) is 17.6. The van der Waals surface area contributed by atoms with Gasteiger partial charge in [0.05, 0.1) is 27.9 Å². The van der Waals surface area contributed by atoms with Crippen molar-refractivity contribution in [2.24, 2.45) is 4.99 Å². The third kappa shape index (κ3) is 3.64. The number of hydrogen-bond acceptors (Lipinski definition) is 5. The largest absolute Gasteiger partial charge is 0.464 e. The number of esters is 1. The fourth-order valence-corrected chi connectivity index (χ4v) is 4.55. The van der Waals surface area contributed by atoms with Crippen LogP contribution in [0.15, 0.2) is 65.8 Å². The lowest BCUT2D eigenvalue weighted by Crippen LogP contribution is -2.29. The molecule has 6 nitrogen and oxygen atoms in total. The monoisotopic (exact) mass is 419 g/mol. The van der Waals surface area contributed by atoms with Gasteiger partial charge in [0.25, 0.3) is 5.91 Å². The molecule has 2 aromatic heterocycles. The summed E-state index contributed by atoms with van der Waals surface area (Å²) in [5, 5.41) is 0.876. The van der Waals surface area contributed by atoms with Gasteiger partial charge >= 0.3 is 5.97 Å². The van der Waals surface area contributed by atoms with Crippen LogP contribution >= 0.6 is 11.3 Å². The molecule has 0 saturated heterocycles. The molecule has 4 aromatic rings. The number of carbonyl (C=O) groups is 2. The summed E-state index contributed by atoms with van der Waals surface area (Å²) in [6, 6.07) is 16.4. The minimum Gasteiger partial charge on any atom is -0.464 e. The lowest BCUT2D eigenvalue weighted by molar-refractivity contribution is -0.147. The van der Waals surface area contributed by atoms with Gasteiger partial charge < -0.3 is 9.30 Å². The topological polar surface area (TPSA) is 73.6 Å². The molecule has 0 aliphatic rings. The Morgan fingerprint density at radius 1 is 1.10 bits per heavy atom. The van der Waals surface area contributed by atoms with Crippen LogP contribution in [-0.4, -0.2) is 28.0 Å². The number of rotatable bonds is 5. The third-order valence-electron chi connectivity index (χ3n) is 4.85. The van der Waals surface area contributed by atoms with Crippen molar-refractivity contribution in [3.05, 3.63) is 71.2 Å². The summed E-state index contributed by atoms with van der Waals surface area (Å²) in [5.74, 6) is -0.720. The Morgan fingerprint density at radius 3 is 2.70 bits per heavy atom. The van der Waals surface area contributed by atoms with E-state index >= 15 is 0 Å². The van der Waals surface area contributed by atoms with Crippen molar-refractivity contribution in [2.45, 2.75) is 26.3 Å². The van der Waals surface area contributed by atoms with E-state index in [-0.39, 0.29) is 5.97 Å². The number of carbonyl (C=O) groups excluding carboxylic acids is 2. The van der Waals surface area contributed by atoms with Crippen molar-refractivity contribution in [1.82, 2.24) is 9.55 Å². The van der Waals surface area contributed by atoms with Crippen LogP contribution in [0.5, 0.6) is 0 Å². The van der Waals surface area contributed by atoms with E-state index in [0.29, 0.717) is 28.9 Å². The van der Waals surface area contributed by atoms with Gasteiger partial charge in [0, 0.05) is 11.6 Å². The van der Waals surface area contributed by atoms with Gasteiger partial charge in [0.2, 0.25) is 0 Å². The molecular weight excluding hydrogens is 398 g/mol. The molecule has 4 rings (SSSR count). The molecule has 0 fully saturated rings. The van der Waals surface area contributed by atoms with Crippen molar-refractivity contribution in [2.75, 3.05) is 6.61 Å². The Balaban J connectivity index is 1.90. The Morgan fingerprint density at radius 2 is 1.90 bits per heavy atom. The molecule has 0 bridgehead atoms. The molecule has 1 atom stereocenters. The normalized spacial score (nSPS) is 12.9. The molecule has 7 heteroatoms. The van der Waals surface area contributed by atoms with Gasteiger partial charge in [0.15, 0.2) is 4.80 Å². The second-order valence-electron chi connectivity index (χ2n) is 6.70. The Labute approximate surface area is 177 Å². The molecule has 30 heavy (non-hydrogen) atoms. The first-order valence-electron chi connectivity index (χ1n) is 9.83. The highest BCUT2D eigenvalue weighted by Gasteiger charge is 2.24. The summed E-state index contributed by atoms with van der Waals surface area (Å²) in [6.45, 7) is 4.00. The molecule has 0 N–H and O–H groups in total. The zero-order chi connectivity index (χ0) is 21.1. The average molecular weight is 420 g/mol. The lowest BCUT2D eigenvalue weighted by atomic mass is 10.1. The van der Waals surface area contributed by atoms with Gasteiger partial charge in [-0.1, -0.05) is 48.6 Å². The quantitative estimate of drug-likeness (QED) is 0.446. The fraction of sp³-hybridized carbons (Fsp3) is 0.217. The van der Waals surface area contributed by atoms with E-state index < -0.39 is 11.9 Å². The molecule has 0 spiro atoms. The molecule has 0 aliphatic heterocycles. The van der Waals surface area contributed by atoms with E-state index in [0.717, 1.165) is 15.6 Å². The number of thiazole rings is 1. The SMILES string of the molecule is CCOC(=O)C(CC)n1/c(=N\C(=O)c2cccc3cccnc23)sc2ccccc21. The first-order valence-corrected chi connectivity index (χ1v) is 10.6.